The molecule has 0 unspecified atom stereocenters. The zero-order valence-electron chi connectivity index (χ0n) is 13.5. The third-order valence-electron chi connectivity index (χ3n) is 4.05. The quantitative estimate of drug-likeness (QED) is 0.341. The third-order valence-corrected chi connectivity index (χ3v) is 4.51. The number of hydrogen-bond acceptors (Lipinski definition) is 4. The molecule has 1 aliphatic carbocycles. The minimum atomic E-state index is -4.62. The van der Waals surface area contributed by atoms with Gasteiger partial charge in [0.15, 0.2) is 0 Å². The molecule has 0 atom stereocenters. The Morgan fingerprint density at radius 2 is 1.42 bits per heavy atom. The van der Waals surface area contributed by atoms with Gasteiger partial charge >= 0.3 is 29.6 Å². The molecular formula is C18H17NaO4S. The maximum atomic E-state index is 10.5. The van der Waals surface area contributed by atoms with Crippen molar-refractivity contribution < 1.29 is 46.7 Å². The Balaban J connectivity index is 0.00000208. The molecule has 0 heterocycles. The van der Waals surface area contributed by atoms with E-state index in [1.54, 1.807) is 0 Å². The first-order valence-electron chi connectivity index (χ1n) is 7.51. The van der Waals surface area contributed by atoms with Crippen molar-refractivity contribution in [3.63, 3.8) is 0 Å². The van der Waals surface area contributed by atoms with Crippen molar-refractivity contribution in [2.75, 3.05) is 6.61 Å². The molecule has 0 aromatic heterocycles. The molecule has 0 saturated carbocycles. The van der Waals surface area contributed by atoms with Crippen LogP contribution in [0.3, 0.4) is 0 Å². The molecule has 0 amide bonds. The van der Waals surface area contributed by atoms with E-state index in [0.717, 1.165) is 11.1 Å². The van der Waals surface area contributed by atoms with E-state index in [9.17, 15) is 13.0 Å². The van der Waals surface area contributed by atoms with Crippen LogP contribution in [0.15, 0.2) is 48.5 Å². The summed E-state index contributed by atoms with van der Waals surface area (Å²) in [4.78, 5) is 0. The number of fused-ring (bicyclic) bond motifs is 2. The summed E-state index contributed by atoms with van der Waals surface area (Å²) >= 11 is 0. The predicted octanol–water partition coefficient (Wildman–Crippen LogP) is 0.563. The van der Waals surface area contributed by atoms with Gasteiger partial charge in [-0.05, 0) is 35.1 Å². The van der Waals surface area contributed by atoms with E-state index < -0.39 is 10.4 Å². The molecule has 0 N–H and O–H groups in total. The van der Waals surface area contributed by atoms with E-state index >= 15 is 0 Å². The summed E-state index contributed by atoms with van der Waals surface area (Å²) in [6.07, 6.45) is 5.42. The Bertz CT molecular complexity index is 781. The molecule has 6 heteroatoms. The molecule has 120 valence electrons. The minimum absolute atomic E-state index is 0. The average Bonchev–Trinajstić information content (AvgIpc) is 2.68. The van der Waals surface area contributed by atoms with E-state index in [-0.39, 0.29) is 42.1 Å². The van der Waals surface area contributed by atoms with E-state index in [1.165, 1.54) is 11.1 Å². The predicted molar refractivity (Wildman–Crippen MR) is 88.5 cm³/mol. The van der Waals surface area contributed by atoms with Crippen molar-refractivity contribution in [2.45, 2.75) is 18.8 Å². The van der Waals surface area contributed by atoms with Gasteiger partial charge in [0, 0.05) is 5.92 Å². The molecule has 2 aromatic rings. The van der Waals surface area contributed by atoms with Gasteiger partial charge in [0.25, 0.3) is 0 Å². The SMILES string of the molecule is O=S(=O)([O-])OCCCC1c2ccccc2C=Cc2ccccc21.[Na+]. The molecule has 0 spiro atoms. The van der Waals surface area contributed by atoms with Crippen LogP contribution in [0.25, 0.3) is 12.2 Å². The van der Waals surface area contributed by atoms with Gasteiger partial charge in [0.1, 0.15) is 0 Å². The van der Waals surface area contributed by atoms with Crippen LogP contribution < -0.4 is 29.6 Å². The van der Waals surface area contributed by atoms with Crippen LogP contribution in [0.5, 0.6) is 0 Å². The average molecular weight is 352 g/mol. The Labute approximate surface area is 164 Å². The smallest absolute Gasteiger partial charge is 0.726 e. The molecule has 4 nitrogen and oxygen atoms in total. The van der Waals surface area contributed by atoms with Crippen molar-refractivity contribution in [1.29, 1.82) is 0 Å². The molecule has 0 aliphatic heterocycles. The van der Waals surface area contributed by atoms with Crippen molar-refractivity contribution in [2.24, 2.45) is 0 Å². The summed E-state index contributed by atoms with van der Waals surface area (Å²) in [5.41, 5.74) is 4.73. The molecule has 3 rings (SSSR count). The molecule has 0 fully saturated rings. The van der Waals surface area contributed by atoms with E-state index in [1.807, 2.05) is 24.3 Å². The van der Waals surface area contributed by atoms with Gasteiger partial charge in [0.2, 0.25) is 10.4 Å². The Hall–Kier alpha value is -0.950. The summed E-state index contributed by atoms with van der Waals surface area (Å²) in [7, 11) is -4.62. The second kappa shape index (κ2) is 8.43. The Kier molecular flexibility index (Phi) is 6.80. The first-order chi connectivity index (χ1) is 11.0. The van der Waals surface area contributed by atoms with Gasteiger partial charge in [-0.3, -0.25) is 4.18 Å². The van der Waals surface area contributed by atoms with Crippen molar-refractivity contribution in [1.82, 2.24) is 0 Å². The fourth-order valence-corrected chi connectivity index (χ4v) is 3.39. The van der Waals surface area contributed by atoms with Crippen LogP contribution in [0.2, 0.25) is 0 Å². The standard InChI is InChI=1S/C18H18O4S.Na/c19-23(20,21)22-13-5-10-18-16-8-3-1-6-14(16)11-12-15-7-2-4-9-17(15)18;/h1-4,6-9,11-12,18H,5,10,13H2,(H,19,20,21);/q;+1/p-1. The van der Waals surface area contributed by atoms with Crippen LogP contribution in [0.1, 0.15) is 41.0 Å². The monoisotopic (exact) mass is 352 g/mol. The molecule has 2 aromatic carbocycles. The van der Waals surface area contributed by atoms with Gasteiger partial charge in [0.05, 0.1) is 6.61 Å². The normalized spacial score (nSPS) is 13.5. The molecule has 0 bridgehead atoms. The van der Waals surface area contributed by atoms with Crippen LogP contribution in [0.4, 0.5) is 0 Å². The molecule has 24 heavy (non-hydrogen) atoms. The van der Waals surface area contributed by atoms with E-state index in [2.05, 4.69) is 40.6 Å². The minimum Gasteiger partial charge on any atom is -0.726 e. The van der Waals surface area contributed by atoms with Gasteiger partial charge in [-0.1, -0.05) is 60.7 Å². The Morgan fingerprint density at radius 3 is 1.92 bits per heavy atom. The number of hydrogen-bond donors (Lipinski definition) is 0. The number of rotatable bonds is 5. The summed E-state index contributed by atoms with van der Waals surface area (Å²) in [5, 5.41) is 0. The summed E-state index contributed by atoms with van der Waals surface area (Å²) < 4.78 is 36.0. The third kappa shape index (κ3) is 4.79. The topological polar surface area (TPSA) is 66.4 Å². The summed E-state index contributed by atoms with van der Waals surface area (Å²) in [6.45, 7) is -0.0832. The van der Waals surface area contributed by atoms with Gasteiger partial charge in [-0.2, -0.15) is 0 Å². The molecule has 0 radical (unpaired) electrons. The van der Waals surface area contributed by atoms with E-state index in [4.69, 9.17) is 0 Å². The summed E-state index contributed by atoms with van der Waals surface area (Å²) in [6, 6.07) is 16.4. The molecular weight excluding hydrogens is 335 g/mol. The van der Waals surface area contributed by atoms with Crippen LogP contribution in [0, 0.1) is 0 Å². The van der Waals surface area contributed by atoms with Crippen LogP contribution in [-0.2, 0) is 14.6 Å². The largest absolute Gasteiger partial charge is 1.00 e. The fraction of sp³-hybridized carbons (Fsp3) is 0.222. The first-order valence-corrected chi connectivity index (χ1v) is 8.84. The molecule has 1 aliphatic rings. The Morgan fingerprint density at radius 1 is 0.917 bits per heavy atom. The maximum absolute atomic E-state index is 10.5. The van der Waals surface area contributed by atoms with E-state index in [0.29, 0.717) is 12.8 Å². The second-order valence-corrected chi connectivity index (χ2v) is 6.57. The zero-order valence-corrected chi connectivity index (χ0v) is 16.3. The first kappa shape index (κ1) is 19.4. The van der Waals surface area contributed by atoms with Crippen molar-refractivity contribution in [3.05, 3.63) is 70.8 Å². The maximum Gasteiger partial charge on any atom is 1.00 e. The van der Waals surface area contributed by atoms with Crippen molar-refractivity contribution >= 4 is 22.6 Å². The number of benzene rings is 2. The fourth-order valence-electron chi connectivity index (χ4n) is 3.07. The van der Waals surface area contributed by atoms with Gasteiger partial charge < -0.3 is 4.55 Å². The van der Waals surface area contributed by atoms with Crippen molar-refractivity contribution in [3.8, 4) is 0 Å². The zero-order chi connectivity index (χ0) is 16.3. The van der Waals surface area contributed by atoms with Crippen LogP contribution >= 0.6 is 0 Å². The van der Waals surface area contributed by atoms with Gasteiger partial charge in [-0.15, -0.1) is 0 Å². The second-order valence-electron chi connectivity index (χ2n) is 5.52. The van der Waals surface area contributed by atoms with Crippen LogP contribution in [-0.4, -0.2) is 19.6 Å². The molecule has 0 saturated heterocycles. The van der Waals surface area contributed by atoms with Gasteiger partial charge in [-0.25, -0.2) is 8.42 Å². The summed E-state index contributed by atoms with van der Waals surface area (Å²) in [5.74, 6) is 0.148.